The van der Waals surface area contributed by atoms with Gasteiger partial charge in [0.15, 0.2) is 0 Å². The molecule has 0 rings (SSSR count). The molecule has 0 N–H and O–H groups in total. The van der Waals surface area contributed by atoms with E-state index in [4.69, 9.17) is 56.8 Å². The first kappa shape index (κ1) is 136. The zero-order chi connectivity index (χ0) is 95.7. The fourth-order valence-electron chi connectivity index (χ4n) is 15.9. The maximum atomic E-state index is 12.1. The van der Waals surface area contributed by atoms with Crippen molar-refractivity contribution >= 4 is 23.9 Å². The van der Waals surface area contributed by atoms with Crippen LogP contribution in [0.4, 0.5) is 0 Å². The molecule has 0 bridgehead atoms. The van der Waals surface area contributed by atoms with Crippen molar-refractivity contribution in [1.29, 1.82) is 0 Å². The average molecular weight is 1880 g/mol. The molecule has 768 valence electrons. The van der Waals surface area contributed by atoms with E-state index in [-0.39, 0.29) is 21.7 Å². The normalized spacial score (nSPS) is 12.8. The van der Waals surface area contributed by atoms with Crippen molar-refractivity contribution in [3.63, 3.8) is 0 Å². The largest absolute Gasteiger partial charge is 4.00 e. The van der Waals surface area contributed by atoms with Gasteiger partial charge in [0, 0.05) is 26.4 Å². The van der Waals surface area contributed by atoms with Gasteiger partial charge in [-0.05, 0) is 103 Å². The van der Waals surface area contributed by atoms with Crippen LogP contribution in [0, 0.1) is 0 Å². The molecular weight excluding hydrogens is 1670 g/mol. The van der Waals surface area contributed by atoms with Crippen LogP contribution in [0.15, 0.2) is 0 Å². The minimum Gasteiger partial charge on any atom is -0.544 e. The molecule has 0 heterocycles. The average Bonchev–Trinajstić information content (AvgIpc) is 0.829. The molecule has 0 saturated carbocycles. The fourth-order valence-corrected chi connectivity index (χ4v) is 15.9. The number of ether oxygens (including phenoxy) is 12. The minimum atomic E-state index is -1.81. The summed E-state index contributed by atoms with van der Waals surface area (Å²) in [5.41, 5.74) is 0. The summed E-state index contributed by atoms with van der Waals surface area (Å²) in [4.78, 5) is 48.5. The van der Waals surface area contributed by atoms with Crippen molar-refractivity contribution in [1.82, 2.24) is 0 Å². The number of carbonyl (C=O) groups is 4. The number of carbonyl (C=O) groups excluding carboxylic acids is 4. The van der Waals surface area contributed by atoms with Crippen molar-refractivity contribution in [2.24, 2.45) is 0 Å². The Kier molecular flexibility index (Phi) is 109. The maximum absolute atomic E-state index is 12.1. The Morgan fingerprint density at radius 2 is 0.264 bits per heavy atom. The van der Waals surface area contributed by atoms with E-state index in [1.807, 2.05) is 83.1 Å². The molecule has 4 atom stereocenters. The molecule has 20 nitrogen and oxygen atoms in total. The number of hydrogen-bond donors (Lipinski definition) is 0. The van der Waals surface area contributed by atoms with Gasteiger partial charge in [-0.25, -0.2) is 0 Å². The van der Waals surface area contributed by atoms with Gasteiger partial charge < -0.3 is 96.4 Å². The second-order valence-electron chi connectivity index (χ2n) is 36.2. The van der Waals surface area contributed by atoms with Gasteiger partial charge in [0.05, 0.1) is 52.9 Å². The fraction of sp³-hybridized carbons (Fsp3) is 0.963. The van der Waals surface area contributed by atoms with E-state index in [1.165, 1.54) is 283 Å². The Hall–Kier alpha value is -1.89. The van der Waals surface area contributed by atoms with Crippen LogP contribution in [0.5, 0.6) is 0 Å². The first-order valence-corrected chi connectivity index (χ1v) is 54.8. The van der Waals surface area contributed by atoms with E-state index in [2.05, 4.69) is 27.7 Å². The van der Waals surface area contributed by atoms with Crippen LogP contribution in [0.1, 0.15) is 547 Å². The van der Waals surface area contributed by atoms with Crippen LogP contribution in [-0.4, -0.2) is 151 Å². The topological polar surface area (TPSA) is 271 Å². The Morgan fingerprint density at radius 3 is 0.357 bits per heavy atom. The number of rotatable bonds is 100. The van der Waals surface area contributed by atoms with E-state index < -0.39 is 71.4 Å². The van der Waals surface area contributed by atoms with Gasteiger partial charge in [0.2, 0.25) is 23.1 Å². The summed E-state index contributed by atoms with van der Waals surface area (Å²) < 4.78 is 69.8. The summed E-state index contributed by atoms with van der Waals surface area (Å²) >= 11 is 0. The molecule has 4 unspecified atom stereocenters. The number of carboxylic acid groups (broad SMARTS) is 4. The van der Waals surface area contributed by atoms with Crippen molar-refractivity contribution in [3.05, 3.63) is 0 Å². The summed E-state index contributed by atoms with van der Waals surface area (Å²) in [7, 11) is 0. The molecule has 0 aromatic heterocycles. The standard InChI is InChI=1S/4C27H54O5.Ti/c4*1-5-9-10-11-12-13-14-15-16-17-18-19-20-21-25(30-22-6-2)27(26(28)29,31-23-7-3)32-24-8-4;/h4*25H,5-24H2,1-4H3,(H,28,29);/q;;;;+4/p-4. The summed E-state index contributed by atoms with van der Waals surface area (Å²) in [6.07, 6.45) is 75.5. The number of unbranched alkanes of at least 4 members (excludes halogenated alkanes) is 48. The van der Waals surface area contributed by atoms with Gasteiger partial charge in [0.25, 0.3) is 0 Å². The molecule has 0 amide bonds. The molecule has 21 heteroatoms. The second kappa shape index (κ2) is 103. The molecule has 0 aliphatic heterocycles. The molecule has 0 aromatic carbocycles. The Labute approximate surface area is 811 Å². The van der Waals surface area contributed by atoms with Crippen molar-refractivity contribution in [3.8, 4) is 0 Å². The number of aliphatic carboxylic acids is 4. The van der Waals surface area contributed by atoms with Gasteiger partial charge in [-0.2, -0.15) is 0 Å². The Morgan fingerprint density at radius 1 is 0.163 bits per heavy atom. The third-order valence-corrected chi connectivity index (χ3v) is 23.4. The van der Waals surface area contributed by atoms with Crippen molar-refractivity contribution < 1.29 is 118 Å². The summed E-state index contributed by atoms with van der Waals surface area (Å²) in [5, 5.41) is 48.5. The summed E-state index contributed by atoms with van der Waals surface area (Å²) in [6, 6.07) is 0. The zero-order valence-electron chi connectivity index (χ0n) is 87.5. The molecule has 0 radical (unpaired) electrons. The molecule has 0 spiro atoms. The van der Waals surface area contributed by atoms with Crippen molar-refractivity contribution in [2.75, 3.05) is 79.3 Å². The first-order valence-electron chi connectivity index (χ1n) is 54.8. The van der Waals surface area contributed by atoms with Crippen LogP contribution < -0.4 is 20.4 Å². The van der Waals surface area contributed by atoms with E-state index in [0.29, 0.717) is 156 Å². The molecular formula is C108H212O20Ti. The van der Waals surface area contributed by atoms with E-state index in [9.17, 15) is 39.6 Å². The zero-order valence-corrected chi connectivity index (χ0v) is 89.1. The third kappa shape index (κ3) is 73.9. The van der Waals surface area contributed by atoms with Gasteiger partial charge in [-0.1, -0.05) is 445 Å². The number of hydrogen-bond acceptors (Lipinski definition) is 20. The van der Waals surface area contributed by atoms with Crippen LogP contribution in [0.25, 0.3) is 0 Å². The third-order valence-electron chi connectivity index (χ3n) is 23.4. The van der Waals surface area contributed by atoms with Crippen LogP contribution in [0.2, 0.25) is 0 Å². The smallest absolute Gasteiger partial charge is 0.544 e. The van der Waals surface area contributed by atoms with E-state index in [1.54, 1.807) is 0 Å². The van der Waals surface area contributed by atoms with Crippen LogP contribution in [0.3, 0.4) is 0 Å². The first-order chi connectivity index (χ1) is 62.3. The number of carboxylic acids is 4. The van der Waals surface area contributed by atoms with Crippen molar-refractivity contribution in [2.45, 2.75) is 595 Å². The molecule has 0 aromatic rings. The monoisotopic (exact) mass is 1880 g/mol. The van der Waals surface area contributed by atoms with E-state index >= 15 is 0 Å². The molecule has 0 aliphatic rings. The molecule has 0 saturated heterocycles. The van der Waals surface area contributed by atoms with Crippen LogP contribution >= 0.6 is 0 Å². The quantitative estimate of drug-likeness (QED) is 0.0311. The second-order valence-corrected chi connectivity index (χ2v) is 36.2. The molecule has 0 fully saturated rings. The Bertz CT molecular complexity index is 1930. The maximum Gasteiger partial charge on any atom is 4.00 e. The minimum absolute atomic E-state index is 0. The van der Waals surface area contributed by atoms with Gasteiger partial charge in [0.1, 0.15) is 48.3 Å². The molecule has 0 aliphatic carbocycles. The predicted octanol–water partition coefficient (Wildman–Crippen LogP) is 26.2. The van der Waals surface area contributed by atoms with Gasteiger partial charge in [-0.3, -0.25) is 0 Å². The van der Waals surface area contributed by atoms with Gasteiger partial charge >= 0.3 is 21.7 Å². The van der Waals surface area contributed by atoms with E-state index in [0.717, 1.165) is 77.0 Å². The van der Waals surface area contributed by atoms with Crippen LogP contribution in [-0.2, 0) is 97.7 Å². The van der Waals surface area contributed by atoms with Gasteiger partial charge in [-0.15, -0.1) is 0 Å². The summed E-state index contributed by atoms with van der Waals surface area (Å²) in [6.45, 7) is 37.2. The Balaban J connectivity index is -0.000000528. The molecule has 129 heavy (non-hydrogen) atoms. The predicted molar refractivity (Wildman–Crippen MR) is 522 cm³/mol. The SMILES string of the molecule is CCCCCCCCCCCCCCCC(OCCC)C(OCCC)(OCCC)C(=O)[O-].CCCCCCCCCCCCCCCC(OCCC)C(OCCC)(OCCC)C(=O)[O-].CCCCCCCCCCCCCCCC(OCCC)C(OCCC)(OCCC)C(=O)[O-].CCCCCCCCCCCCCCCC(OCCC)C(OCCC)(OCCC)C(=O)[O-].[Ti+4]. The summed E-state index contributed by atoms with van der Waals surface area (Å²) in [5.74, 6) is -12.5.